The van der Waals surface area contributed by atoms with Crippen molar-refractivity contribution in [2.75, 3.05) is 13.7 Å². The van der Waals surface area contributed by atoms with Crippen LogP contribution in [0.3, 0.4) is 0 Å². The molecule has 0 unspecified atom stereocenters. The molecule has 0 saturated carbocycles. The molecule has 1 amide bonds. The van der Waals surface area contributed by atoms with Gasteiger partial charge in [0, 0.05) is 30.3 Å². The maximum Gasteiger partial charge on any atom is 0.227 e. The molecule has 1 atom stereocenters. The fraction of sp³-hybridized carbons (Fsp3) is 0.440. The standard InChI is InChI=1S/C25H30N4O3/c1-5-9-22-26-15-19(25-16(2)17(3)28-32-25)24(27-22)20-11-8-13-29(20)23(30)14-18-10-6-7-12-21(18)31-4/h6-7,10,12,15,20H,5,8-9,11,13-14H2,1-4H3/t20-/m1/s1. The van der Waals surface area contributed by atoms with E-state index in [-0.39, 0.29) is 11.9 Å². The van der Waals surface area contributed by atoms with E-state index < -0.39 is 0 Å². The third kappa shape index (κ3) is 4.24. The Morgan fingerprint density at radius 1 is 1.28 bits per heavy atom. The molecule has 0 aliphatic carbocycles. The van der Waals surface area contributed by atoms with Gasteiger partial charge in [0.15, 0.2) is 5.76 Å². The summed E-state index contributed by atoms with van der Waals surface area (Å²) in [7, 11) is 1.63. The monoisotopic (exact) mass is 434 g/mol. The van der Waals surface area contributed by atoms with Crippen molar-refractivity contribution in [2.24, 2.45) is 0 Å². The first-order valence-corrected chi connectivity index (χ1v) is 11.2. The number of ether oxygens (including phenoxy) is 1. The van der Waals surface area contributed by atoms with Gasteiger partial charge >= 0.3 is 0 Å². The fourth-order valence-corrected chi connectivity index (χ4v) is 4.34. The quantitative estimate of drug-likeness (QED) is 0.540. The molecule has 0 radical (unpaired) electrons. The van der Waals surface area contributed by atoms with Crippen LogP contribution in [0.5, 0.6) is 5.75 Å². The van der Waals surface area contributed by atoms with Gasteiger partial charge in [-0.15, -0.1) is 0 Å². The molecule has 168 valence electrons. The number of aromatic nitrogens is 3. The van der Waals surface area contributed by atoms with Crippen molar-refractivity contribution in [3.8, 4) is 17.1 Å². The number of methoxy groups -OCH3 is 1. The van der Waals surface area contributed by atoms with Crippen LogP contribution in [0.2, 0.25) is 0 Å². The Bertz CT molecular complexity index is 1110. The molecule has 3 heterocycles. The van der Waals surface area contributed by atoms with Gasteiger partial charge in [-0.3, -0.25) is 4.79 Å². The van der Waals surface area contributed by atoms with Crippen molar-refractivity contribution in [3.05, 3.63) is 58.8 Å². The number of aryl methyl sites for hydroxylation is 2. The van der Waals surface area contributed by atoms with Crippen molar-refractivity contribution in [1.82, 2.24) is 20.0 Å². The summed E-state index contributed by atoms with van der Waals surface area (Å²) in [5, 5.41) is 4.12. The van der Waals surface area contributed by atoms with Gasteiger partial charge in [0.05, 0.1) is 36.5 Å². The molecular weight excluding hydrogens is 404 g/mol. The summed E-state index contributed by atoms with van der Waals surface area (Å²) in [6, 6.07) is 7.56. The summed E-state index contributed by atoms with van der Waals surface area (Å²) in [4.78, 5) is 24.8. The number of amides is 1. The van der Waals surface area contributed by atoms with E-state index in [4.69, 9.17) is 14.2 Å². The Hall–Kier alpha value is -3.22. The summed E-state index contributed by atoms with van der Waals surface area (Å²) in [5.41, 5.74) is 4.39. The molecule has 4 rings (SSSR count). The van der Waals surface area contributed by atoms with Crippen molar-refractivity contribution in [1.29, 1.82) is 0 Å². The van der Waals surface area contributed by atoms with Gasteiger partial charge < -0.3 is 14.2 Å². The number of hydrogen-bond acceptors (Lipinski definition) is 6. The lowest BCUT2D eigenvalue weighted by Crippen LogP contribution is -2.32. The zero-order valence-electron chi connectivity index (χ0n) is 19.2. The SMILES string of the molecule is CCCc1ncc(-c2onc(C)c2C)c([C@H]2CCCN2C(=O)Cc2ccccc2OC)n1. The van der Waals surface area contributed by atoms with Crippen LogP contribution in [0.1, 0.15) is 60.6 Å². The van der Waals surface area contributed by atoms with Gasteiger partial charge in [0.1, 0.15) is 11.6 Å². The summed E-state index contributed by atoms with van der Waals surface area (Å²) in [5.74, 6) is 2.29. The smallest absolute Gasteiger partial charge is 0.227 e. The number of nitrogens with zero attached hydrogens (tertiary/aromatic N) is 4. The van der Waals surface area contributed by atoms with E-state index in [1.54, 1.807) is 7.11 Å². The molecule has 1 aliphatic heterocycles. The molecule has 1 aliphatic rings. The Morgan fingerprint density at radius 3 is 2.81 bits per heavy atom. The lowest BCUT2D eigenvalue weighted by atomic mass is 10.0. The lowest BCUT2D eigenvalue weighted by molar-refractivity contribution is -0.131. The van der Waals surface area contributed by atoms with Crippen LogP contribution in [0.25, 0.3) is 11.3 Å². The van der Waals surface area contributed by atoms with E-state index in [1.807, 2.05) is 49.2 Å². The molecular formula is C25H30N4O3. The van der Waals surface area contributed by atoms with Crippen LogP contribution in [-0.4, -0.2) is 39.6 Å². The minimum absolute atomic E-state index is 0.0732. The number of likely N-dealkylation sites (tertiary alicyclic amines) is 1. The zero-order valence-corrected chi connectivity index (χ0v) is 19.2. The predicted octanol–water partition coefficient (Wildman–Crippen LogP) is 4.62. The Kier molecular flexibility index (Phi) is 6.53. The molecule has 3 aromatic rings. The fourth-order valence-electron chi connectivity index (χ4n) is 4.34. The second-order valence-corrected chi connectivity index (χ2v) is 8.29. The molecule has 1 saturated heterocycles. The van der Waals surface area contributed by atoms with Gasteiger partial charge in [-0.25, -0.2) is 9.97 Å². The largest absolute Gasteiger partial charge is 0.496 e. The van der Waals surface area contributed by atoms with E-state index in [1.165, 1.54) is 0 Å². The highest BCUT2D eigenvalue weighted by Gasteiger charge is 2.34. The van der Waals surface area contributed by atoms with Gasteiger partial charge in [-0.1, -0.05) is 30.3 Å². The van der Waals surface area contributed by atoms with Crippen molar-refractivity contribution < 1.29 is 14.1 Å². The maximum atomic E-state index is 13.4. The highest BCUT2D eigenvalue weighted by Crippen LogP contribution is 2.38. The molecule has 2 aromatic heterocycles. The highest BCUT2D eigenvalue weighted by atomic mass is 16.5. The van der Waals surface area contributed by atoms with E-state index in [9.17, 15) is 4.79 Å². The van der Waals surface area contributed by atoms with Gasteiger partial charge in [0.25, 0.3) is 0 Å². The topological polar surface area (TPSA) is 81.4 Å². The van der Waals surface area contributed by atoms with E-state index >= 15 is 0 Å². The number of carbonyl (C=O) groups is 1. The number of hydrogen-bond donors (Lipinski definition) is 0. The molecule has 1 fully saturated rings. The Labute approximate surface area is 188 Å². The van der Waals surface area contributed by atoms with Crippen molar-refractivity contribution >= 4 is 5.91 Å². The lowest BCUT2D eigenvalue weighted by Gasteiger charge is -2.26. The predicted molar refractivity (Wildman–Crippen MR) is 121 cm³/mol. The van der Waals surface area contributed by atoms with Crippen molar-refractivity contribution in [3.63, 3.8) is 0 Å². The van der Waals surface area contributed by atoms with Gasteiger partial charge in [0.2, 0.25) is 5.91 Å². The molecule has 7 heteroatoms. The summed E-state index contributed by atoms with van der Waals surface area (Å²) in [6.07, 6.45) is 5.68. The van der Waals surface area contributed by atoms with Crippen LogP contribution in [0.4, 0.5) is 0 Å². The average molecular weight is 435 g/mol. The van der Waals surface area contributed by atoms with Gasteiger partial charge in [-0.2, -0.15) is 0 Å². The highest BCUT2D eigenvalue weighted by molar-refractivity contribution is 5.80. The molecule has 0 bridgehead atoms. The molecule has 32 heavy (non-hydrogen) atoms. The summed E-state index contributed by atoms with van der Waals surface area (Å²) >= 11 is 0. The Morgan fingerprint density at radius 2 is 2.09 bits per heavy atom. The second kappa shape index (κ2) is 9.51. The van der Waals surface area contributed by atoms with Crippen LogP contribution in [-0.2, 0) is 17.6 Å². The first-order chi connectivity index (χ1) is 15.5. The molecule has 0 N–H and O–H groups in total. The zero-order chi connectivity index (χ0) is 22.7. The van der Waals surface area contributed by atoms with Crippen LogP contribution < -0.4 is 4.74 Å². The third-order valence-electron chi connectivity index (χ3n) is 6.17. The second-order valence-electron chi connectivity index (χ2n) is 8.29. The van der Waals surface area contributed by atoms with Crippen molar-refractivity contribution in [2.45, 2.75) is 58.9 Å². The van der Waals surface area contributed by atoms with E-state index in [0.29, 0.717) is 18.7 Å². The minimum atomic E-state index is -0.115. The normalized spacial score (nSPS) is 15.9. The minimum Gasteiger partial charge on any atom is -0.496 e. The Balaban J connectivity index is 1.70. The number of benzene rings is 1. The summed E-state index contributed by atoms with van der Waals surface area (Å²) < 4.78 is 11.1. The first kappa shape index (κ1) is 22.0. The molecule has 1 aromatic carbocycles. The van der Waals surface area contributed by atoms with Gasteiger partial charge in [-0.05, 0) is 39.2 Å². The number of carbonyl (C=O) groups excluding carboxylic acids is 1. The van der Waals surface area contributed by atoms with Crippen LogP contribution in [0, 0.1) is 13.8 Å². The maximum absolute atomic E-state index is 13.4. The number of para-hydroxylation sites is 1. The van der Waals surface area contributed by atoms with Crippen LogP contribution >= 0.6 is 0 Å². The molecule has 0 spiro atoms. The average Bonchev–Trinajstić information content (AvgIpc) is 3.42. The van der Waals surface area contributed by atoms with E-state index in [0.717, 1.165) is 65.3 Å². The molecule has 7 nitrogen and oxygen atoms in total. The van der Waals surface area contributed by atoms with Crippen LogP contribution in [0.15, 0.2) is 35.0 Å². The van der Waals surface area contributed by atoms with E-state index in [2.05, 4.69) is 17.1 Å². The summed E-state index contributed by atoms with van der Waals surface area (Å²) in [6.45, 7) is 6.73. The first-order valence-electron chi connectivity index (χ1n) is 11.2. The third-order valence-corrected chi connectivity index (χ3v) is 6.17. The number of rotatable bonds is 7.